The Morgan fingerprint density at radius 1 is 1.17 bits per heavy atom. The van der Waals surface area contributed by atoms with Crippen LogP contribution in [-0.4, -0.2) is 23.2 Å². The third-order valence-corrected chi connectivity index (χ3v) is 4.77. The number of hydrogen-bond acceptors (Lipinski definition) is 4. The molecule has 8 heteroatoms. The highest BCUT2D eigenvalue weighted by Crippen LogP contribution is 2.24. The molecule has 6 nitrogen and oxygen atoms in total. The van der Waals surface area contributed by atoms with Crippen molar-refractivity contribution in [2.75, 3.05) is 4.72 Å². The van der Waals surface area contributed by atoms with E-state index in [0.717, 1.165) is 6.07 Å². The summed E-state index contributed by atoms with van der Waals surface area (Å²) in [6, 6.07) is 10.3. The number of halogens is 1. The molecule has 0 unspecified atom stereocenters. The van der Waals surface area contributed by atoms with Gasteiger partial charge in [-0.05, 0) is 42.8 Å². The molecular weight excluding hydrogens is 319 g/mol. The topological polar surface area (TPSA) is 76.9 Å². The minimum atomic E-state index is -3.85. The number of nitrogens with zero attached hydrogens (tertiary/aromatic N) is 3. The minimum Gasteiger partial charge on any atom is -0.277 e. The van der Waals surface area contributed by atoms with E-state index >= 15 is 0 Å². The van der Waals surface area contributed by atoms with E-state index in [0.29, 0.717) is 16.9 Å². The summed E-state index contributed by atoms with van der Waals surface area (Å²) in [5, 5.41) is 4.00. The molecule has 0 radical (unpaired) electrons. The van der Waals surface area contributed by atoms with Gasteiger partial charge in [-0.25, -0.2) is 22.5 Å². The van der Waals surface area contributed by atoms with E-state index in [-0.39, 0.29) is 4.90 Å². The van der Waals surface area contributed by atoms with Crippen LogP contribution in [0.3, 0.4) is 0 Å². The molecule has 0 aliphatic rings. The lowest BCUT2D eigenvalue weighted by molar-refractivity contribution is 0.598. The number of hydrogen-bond donors (Lipinski definition) is 1. The number of rotatable bonds is 4. The molecule has 0 saturated carbocycles. The molecule has 0 spiro atoms. The Bertz CT molecular complexity index is 940. The SMILES string of the molecule is Cc1cc(F)ccc1S(=O)(=O)Nc1ccccc1-n1cncn1. The van der Waals surface area contributed by atoms with Crippen molar-refractivity contribution in [3.8, 4) is 5.69 Å². The molecule has 3 aromatic rings. The van der Waals surface area contributed by atoms with Crippen molar-refractivity contribution < 1.29 is 12.8 Å². The zero-order chi connectivity index (χ0) is 16.4. The second-order valence-corrected chi connectivity index (χ2v) is 6.52. The van der Waals surface area contributed by atoms with Crippen molar-refractivity contribution in [3.05, 3.63) is 66.5 Å². The Morgan fingerprint density at radius 3 is 2.65 bits per heavy atom. The van der Waals surface area contributed by atoms with Crippen LogP contribution < -0.4 is 4.72 Å². The lowest BCUT2D eigenvalue weighted by atomic mass is 10.2. The van der Waals surface area contributed by atoms with E-state index in [1.807, 2.05) is 0 Å². The third kappa shape index (κ3) is 3.07. The highest BCUT2D eigenvalue weighted by Gasteiger charge is 2.19. The van der Waals surface area contributed by atoms with Gasteiger partial charge in [-0.1, -0.05) is 12.1 Å². The van der Waals surface area contributed by atoms with Crippen LogP contribution in [0.4, 0.5) is 10.1 Å². The van der Waals surface area contributed by atoms with Crippen molar-refractivity contribution in [2.24, 2.45) is 0 Å². The minimum absolute atomic E-state index is 0.0206. The zero-order valence-electron chi connectivity index (χ0n) is 12.1. The van der Waals surface area contributed by atoms with E-state index in [1.54, 1.807) is 31.2 Å². The fourth-order valence-electron chi connectivity index (χ4n) is 2.21. The van der Waals surface area contributed by atoms with Gasteiger partial charge >= 0.3 is 0 Å². The summed E-state index contributed by atoms with van der Waals surface area (Å²) in [5.74, 6) is -0.482. The zero-order valence-corrected chi connectivity index (χ0v) is 13.0. The number of para-hydroxylation sites is 2. The fourth-order valence-corrected chi connectivity index (χ4v) is 3.51. The molecule has 0 amide bonds. The highest BCUT2D eigenvalue weighted by molar-refractivity contribution is 7.92. The summed E-state index contributed by atoms with van der Waals surface area (Å²) >= 11 is 0. The van der Waals surface area contributed by atoms with Gasteiger partial charge in [-0.2, -0.15) is 5.10 Å². The van der Waals surface area contributed by atoms with Crippen molar-refractivity contribution in [1.29, 1.82) is 0 Å². The number of sulfonamides is 1. The first-order chi connectivity index (χ1) is 11.0. The molecule has 1 aromatic heterocycles. The van der Waals surface area contributed by atoms with Gasteiger partial charge in [-0.3, -0.25) is 4.72 Å². The Balaban J connectivity index is 2.02. The monoisotopic (exact) mass is 332 g/mol. The van der Waals surface area contributed by atoms with Crippen LogP contribution in [-0.2, 0) is 10.0 Å². The van der Waals surface area contributed by atoms with E-state index in [4.69, 9.17) is 0 Å². The van der Waals surface area contributed by atoms with Gasteiger partial charge in [0.15, 0.2) is 0 Å². The summed E-state index contributed by atoms with van der Waals surface area (Å²) in [6.07, 6.45) is 2.83. The number of nitrogens with one attached hydrogen (secondary N) is 1. The largest absolute Gasteiger partial charge is 0.277 e. The highest BCUT2D eigenvalue weighted by atomic mass is 32.2. The molecular formula is C15H13FN4O2S. The lowest BCUT2D eigenvalue weighted by Gasteiger charge is -2.13. The van der Waals surface area contributed by atoms with Crippen molar-refractivity contribution in [2.45, 2.75) is 11.8 Å². The van der Waals surface area contributed by atoms with Crippen molar-refractivity contribution in [1.82, 2.24) is 14.8 Å². The molecule has 1 N–H and O–H groups in total. The first-order valence-corrected chi connectivity index (χ1v) is 8.19. The third-order valence-electron chi connectivity index (χ3n) is 3.24. The molecule has 1 heterocycles. The Kier molecular flexibility index (Phi) is 3.83. The second-order valence-electron chi connectivity index (χ2n) is 4.87. The Morgan fingerprint density at radius 2 is 1.96 bits per heavy atom. The molecule has 0 fully saturated rings. The van der Waals surface area contributed by atoms with Crippen LogP contribution in [0.2, 0.25) is 0 Å². The maximum Gasteiger partial charge on any atom is 0.262 e. The lowest BCUT2D eigenvalue weighted by Crippen LogP contribution is -2.16. The normalized spacial score (nSPS) is 11.4. The van der Waals surface area contributed by atoms with Gasteiger partial charge in [0.2, 0.25) is 0 Å². The second kappa shape index (κ2) is 5.81. The number of aryl methyl sites for hydroxylation is 1. The molecule has 0 atom stereocenters. The van der Waals surface area contributed by atoms with E-state index in [2.05, 4.69) is 14.8 Å². The van der Waals surface area contributed by atoms with Crippen LogP contribution in [0.5, 0.6) is 0 Å². The molecule has 0 aliphatic carbocycles. The number of aromatic nitrogens is 3. The maximum absolute atomic E-state index is 13.2. The van der Waals surface area contributed by atoms with E-state index in [1.165, 1.54) is 29.5 Å². The first-order valence-electron chi connectivity index (χ1n) is 6.70. The average molecular weight is 332 g/mol. The summed E-state index contributed by atoms with van der Waals surface area (Å²) in [6.45, 7) is 1.54. The quantitative estimate of drug-likeness (QED) is 0.796. The van der Waals surface area contributed by atoms with Gasteiger partial charge in [0.05, 0.1) is 16.3 Å². The standard InChI is InChI=1S/C15H13FN4O2S/c1-11-8-12(16)6-7-15(11)23(21,22)19-13-4-2-3-5-14(13)20-10-17-9-18-20/h2-10,19H,1H3. The van der Waals surface area contributed by atoms with Crippen LogP contribution in [0.25, 0.3) is 5.69 Å². The molecule has 118 valence electrons. The van der Waals surface area contributed by atoms with Crippen LogP contribution in [0, 0.1) is 12.7 Å². The van der Waals surface area contributed by atoms with E-state index < -0.39 is 15.8 Å². The predicted octanol–water partition coefficient (Wildman–Crippen LogP) is 2.52. The van der Waals surface area contributed by atoms with Gasteiger partial charge in [0.25, 0.3) is 10.0 Å². The van der Waals surface area contributed by atoms with Gasteiger partial charge in [-0.15, -0.1) is 0 Å². The molecule has 0 bridgehead atoms. The molecule has 0 saturated heterocycles. The van der Waals surface area contributed by atoms with Crippen molar-refractivity contribution >= 4 is 15.7 Å². The molecule has 3 rings (SSSR count). The van der Waals surface area contributed by atoms with Crippen molar-refractivity contribution in [3.63, 3.8) is 0 Å². The van der Waals surface area contributed by atoms with Crippen LogP contribution in [0.15, 0.2) is 60.0 Å². The van der Waals surface area contributed by atoms with Gasteiger partial charge in [0, 0.05) is 0 Å². The predicted molar refractivity (Wildman–Crippen MR) is 83.3 cm³/mol. The number of benzene rings is 2. The van der Waals surface area contributed by atoms with E-state index in [9.17, 15) is 12.8 Å². The van der Waals surface area contributed by atoms with Crippen LogP contribution >= 0.6 is 0 Å². The maximum atomic E-state index is 13.2. The summed E-state index contributed by atoms with van der Waals surface area (Å²) in [4.78, 5) is 3.87. The summed E-state index contributed by atoms with van der Waals surface area (Å²) in [5.41, 5.74) is 1.21. The summed E-state index contributed by atoms with van der Waals surface area (Å²) in [7, 11) is -3.85. The fraction of sp³-hybridized carbons (Fsp3) is 0.0667. The molecule has 2 aromatic carbocycles. The van der Waals surface area contributed by atoms with Gasteiger partial charge in [0.1, 0.15) is 18.5 Å². The van der Waals surface area contributed by atoms with Gasteiger partial charge < -0.3 is 0 Å². The average Bonchev–Trinajstić information content (AvgIpc) is 3.01. The number of anilines is 1. The van der Waals surface area contributed by atoms with Crippen LogP contribution in [0.1, 0.15) is 5.56 Å². The molecule has 0 aliphatic heterocycles. The first kappa shape index (κ1) is 15.2. The Hall–Kier alpha value is -2.74. The smallest absolute Gasteiger partial charge is 0.262 e. The Labute approximate surface area is 132 Å². The summed E-state index contributed by atoms with van der Waals surface area (Å²) < 4.78 is 42.3. The molecule has 23 heavy (non-hydrogen) atoms.